The quantitative estimate of drug-likeness (QED) is 0.295. The van der Waals surface area contributed by atoms with E-state index in [1.54, 1.807) is 0 Å². The van der Waals surface area contributed by atoms with Crippen LogP contribution in [0.4, 0.5) is 52.7 Å². The van der Waals surface area contributed by atoms with Crippen LogP contribution in [0.25, 0.3) is 0 Å². The van der Waals surface area contributed by atoms with Gasteiger partial charge in [0.1, 0.15) is 13.4 Å². The zero-order valence-electron chi connectivity index (χ0n) is 11.3. The summed E-state index contributed by atoms with van der Waals surface area (Å²) >= 11 is 0. The number of ether oxygens (including phenoxy) is 2. The van der Waals surface area contributed by atoms with Crippen LogP contribution in [0.2, 0.25) is 0 Å². The van der Waals surface area contributed by atoms with Crippen molar-refractivity contribution in [2.75, 3.05) is 20.0 Å². The smallest absolute Gasteiger partial charge is 0.355 e. The van der Waals surface area contributed by atoms with Gasteiger partial charge in [0, 0.05) is 6.42 Å². The predicted molar refractivity (Wildman–Crippen MR) is 53.2 cm³/mol. The first-order valence-corrected chi connectivity index (χ1v) is 5.82. The molecule has 2 nitrogen and oxygen atoms in total. The highest BCUT2D eigenvalue weighted by Gasteiger charge is 2.63. The third kappa shape index (κ3) is 5.29. The monoisotopic (exact) mass is 390 g/mol. The van der Waals surface area contributed by atoms with Gasteiger partial charge >= 0.3 is 36.5 Å². The van der Waals surface area contributed by atoms with Crippen molar-refractivity contribution < 1.29 is 62.2 Å². The molecule has 0 fully saturated rings. The number of hydrogen-bond acceptors (Lipinski definition) is 2. The molecule has 0 aromatic rings. The third-order valence-electron chi connectivity index (χ3n) is 2.53. The number of alkyl halides is 12. The highest BCUT2D eigenvalue weighted by molar-refractivity contribution is 4.87. The molecule has 0 radical (unpaired) electrons. The largest absolute Gasteiger partial charge is 0.371 e. The molecule has 0 spiro atoms. The molecule has 0 saturated heterocycles. The van der Waals surface area contributed by atoms with Gasteiger partial charge in [-0.2, -0.15) is 35.1 Å². The lowest BCUT2D eigenvalue weighted by molar-refractivity contribution is -0.287. The first-order valence-electron chi connectivity index (χ1n) is 5.82. The van der Waals surface area contributed by atoms with Crippen LogP contribution in [0, 0.1) is 0 Å². The first kappa shape index (κ1) is 23.1. The van der Waals surface area contributed by atoms with E-state index in [4.69, 9.17) is 0 Å². The Morgan fingerprint density at radius 2 is 1.04 bits per heavy atom. The molecule has 0 saturated carbocycles. The zero-order valence-corrected chi connectivity index (χ0v) is 11.3. The Morgan fingerprint density at radius 1 is 0.625 bits per heavy atom. The lowest BCUT2D eigenvalue weighted by Crippen LogP contribution is -2.49. The van der Waals surface area contributed by atoms with Crippen molar-refractivity contribution in [2.45, 2.75) is 43.0 Å². The van der Waals surface area contributed by atoms with E-state index < -0.39 is 63.0 Å². The lowest BCUT2D eigenvalue weighted by atomic mass is 10.1. The fraction of sp³-hybridized carbons (Fsp3) is 1.00. The SMILES string of the molecule is FC(F)C(F)(F)C(F)(F)CCOCOCC(F)(F)C(F)(F)C(F)F. The maximum Gasteiger partial charge on any atom is 0.371 e. The van der Waals surface area contributed by atoms with Crippen molar-refractivity contribution >= 4 is 0 Å². The molecule has 0 aliphatic carbocycles. The standard InChI is InChI=1S/C10H10F12O2/c11-5(12)9(19,20)7(15,16)1-2-23-4-24-3-8(17,18)10(21,22)6(13)14/h5-6H,1-4H2. The summed E-state index contributed by atoms with van der Waals surface area (Å²) in [4.78, 5) is 0. The van der Waals surface area contributed by atoms with E-state index in [2.05, 4.69) is 9.47 Å². The fourth-order valence-corrected chi connectivity index (χ4v) is 1.07. The molecule has 0 atom stereocenters. The molecule has 0 N–H and O–H groups in total. The Morgan fingerprint density at radius 3 is 1.46 bits per heavy atom. The van der Waals surface area contributed by atoms with Crippen molar-refractivity contribution in [2.24, 2.45) is 0 Å². The van der Waals surface area contributed by atoms with Gasteiger partial charge in [-0.1, -0.05) is 0 Å². The molecular weight excluding hydrogens is 380 g/mol. The van der Waals surface area contributed by atoms with Crippen molar-refractivity contribution in [1.82, 2.24) is 0 Å². The summed E-state index contributed by atoms with van der Waals surface area (Å²) in [6, 6.07) is 0. The van der Waals surface area contributed by atoms with Gasteiger partial charge in [0.05, 0.1) is 6.61 Å². The van der Waals surface area contributed by atoms with Gasteiger partial charge in [-0.25, -0.2) is 17.6 Å². The van der Waals surface area contributed by atoms with Gasteiger partial charge in [-0.15, -0.1) is 0 Å². The van der Waals surface area contributed by atoms with E-state index in [0.717, 1.165) is 0 Å². The molecule has 0 heterocycles. The highest BCUT2D eigenvalue weighted by Crippen LogP contribution is 2.41. The molecule has 0 aromatic heterocycles. The summed E-state index contributed by atoms with van der Waals surface area (Å²) in [5.74, 6) is -21.9. The summed E-state index contributed by atoms with van der Waals surface area (Å²) in [6.45, 7) is -5.09. The number of hydrogen-bond donors (Lipinski definition) is 0. The predicted octanol–water partition coefficient (Wildman–Crippen LogP) is 4.44. The van der Waals surface area contributed by atoms with Crippen LogP contribution in [0.3, 0.4) is 0 Å². The van der Waals surface area contributed by atoms with Gasteiger partial charge < -0.3 is 9.47 Å². The van der Waals surface area contributed by atoms with Gasteiger partial charge in [0.25, 0.3) is 0 Å². The van der Waals surface area contributed by atoms with Crippen molar-refractivity contribution in [3.05, 3.63) is 0 Å². The Labute approximate surface area is 126 Å². The molecule has 0 aromatic carbocycles. The van der Waals surface area contributed by atoms with Crippen LogP contribution in [0.1, 0.15) is 6.42 Å². The van der Waals surface area contributed by atoms with Crippen LogP contribution in [0.5, 0.6) is 0 Å². The van der Waals surface area contributed by atoms with Gasteiger partial charge in [-0.05, 0) is 0 Å². The molecule has 24 heavy (non-hydrogen) atoms. The normalized spacial score (nSPS) is 14.8. The Kier molecular flexibility index (Phi) is 7.67. The average molecular weight is 390 g/mol. The van der Waals surface area contributed by atoms with E-state index in [1.165, 1.54) is 0 Å². The second-order valence-electron chi connectivity index (χ2n) is 4.38. The highest BCUT2D eigenvalue weighted by atomic mass is 19.4. The Balaban J connectivity index is 4.25. The average Bonchev–Trinajstić information content (AvgIpc) is 2.41. The maximum atomic E-state index is 12.7. The Bertz CT molecular complexity index is 348. The van der Waals surface area contributed by atoms with Crippen molar-refractivity contribution in [3.8, 4) is 0 Å². The van der Waals surface area contributed by atoms with Crippen LogP contribution in [-0.4, -0.2) is 56.5 Å². The third-order valence-corrected chi connectivity index (χ3v) is 2.53. The summed E-state index contributed by atoms with van der Waals surface area (Å²) in [5.41, 5.74) is 0. The number of rotatable bonds is 11. The molecule has 0 unspecified atom stereocenters. The van der Waals surface area contributed by atoms with E-state index in [1.807, 2.05) is 0 Å². The molecule has 146 valence electrons. The van der Waals surface area contributed by atoms with E-state index >= 15 is 0 Å². The van der Waals surface area contributed by atoms with Crippen LogP contribution in [-0.2, 0) is 9.47 Å². The molecule has 0 rings (SSSR count). The van der Waals surface area contributed by atoms with E-state index in [0.29, 0.717) is 0 Å². The summed E-state index contributed by atoms with van der Waals surface area (Å²) in [5, 5.41) is 0. The molecular formula is C10H10F12O2. The molecule has 14 heteroatoms. The first-order chi connectivity index (χ1) is 10.6. The lowest BCUT2D eigenvalue weighted by Gasteiger charge is -2.26. The van der Waals surface area contributed by atoms with E-state index in [-0.39, 0.29) is 0 Å². The topological polar surface area (TPSA) is 18.5 Å². The van der Waals surface area contributed by atoms with Crippen molar-refractivity contribution in [3.63, 3.8) is 0 Å². The summed E-state index contributed by atoms with van der Waals surface area (Å²) < 4.78 is 155. The minimum atomic E-state index is -5.74. The summed E-state index contributed by atoms with van der Waals surface area (Å²) in [6.07, 6.45) is -11.4. The molecule has 0 aliphatic heterocycles. The molecule has 0 aliphatic rings. The minimum absolute atomic E-state index is 1.38. The zero-order chi connectivity index (χ0) is 19.4. The van der Waals surface area contributed by atoms with Crippen LogP contribution >= 0.6 is 0 Å². The van der Waals surface area contributed by atoms with Crippen LogP contribution < -0.4 is 0 Å². The van der Waals surface area contributed by atoms with Gasteiger partial charge in [0.15, 0.2) is 0 Å². The number of halogens is 12. The Hall–Kier alpha value is -0.920. The van der Waals surface area contributed by atoms with Gasteiger partial charge in [0.2, 0.25) is 0 Å². The second kappa shape index (κ2) is 7.97. The fourth-order valence-electron chi connectivity index (χ4n) is 1.07. The maximum absolute atomic E-state index is 12.7. The molecule has 0 bridgehead atoms. The second-order valence-corrected chi connectivity index (χ2v) is 4.38. The van der Waals surface area contributed by atoms with E-state index in [9.17, 15) is 52.7 Å². The minimum Gasteiger partial charge on any atom is -0.355 e. The van der Waals surface area contributed by atoms with Crippen molar-refractivity contribution in [1.29, 1.82) is 0 Å². The van der Waals surface area contributed by atoms with Crippen LogP contribution in [0.15, 0.2) is 0 Å². The molecule has 0 amide bonds. The van der Waals surface area contributed by atoms with Gasteiger partial charge in [-0.3, -0.25) is 0 Å². The summed E-state index contributed by atoms with van der Waals surface area (Å²) in [7, 11) is 0.